The van der Waals surface area contributed by atoms with E-state index in [0.29, 0.717) is 19.7 Å². The molecular formula is C20H27N3O4. The van der Waals surface area contributed by atoms with Crippen molar-refractivity contribution in [1.82, 2.24) is 15.5 Å². The van der Waals surface area contributed by atoms with E-state index in [4.69, 9.17) is 4.74 Å². The number of rotatable bonds is 5. The Labute approximate surface area is 159 Å². The van der Waals surface area contributed by atoms with Gasteiger partial charge in [0.1, 0.15) is 6.04 Å². The average Bonchev–Trinajstić information content (AvgIpc) is 2.65. The molecule has 0 aliphatic carbocycles. The highest BCUT2D eigenvalue weighted by Crippen LogP contribution is 2.22. The van der Waals surface area contributed by atoms with E-state index in [-0.39, 0.29) is 36.1 Å². The molecule has 27 heavy (non-hydrogen) atoms. The molecule has 3 rings (SSSR count). The van der Waals surface area contributed by atoms with Crippen molar-refractivity contribution >= 4 is 17.9 Å². The lowest BCUT2D eigenvalue weighted by Gasteiger charge is -2.42. The van der Waals surface area contributed by atoms with Gasteiger partial charge in [-0.3, -0.25) is 9.59 Å². The second-order valence-electron chi connectivity index (χ2n) is 7.63. The third kappa shape index (κ3) is 4.78. The van der Waals surface area contributed by atoms with Gasteiger partial charge in [0.2, 0.25) is 11.8 Å². The predicted octanol–water partition coefficient (Wildman–Crippen LogP) is 1.33. The van der Waals surface area contributed by atoms with Gasteiger partial charge in [-0.1, -0.05) is 44.2 Å². The van der Waals surface area contributed by atoms with Crippen molar-refractivity contribution in [2.24, 2.45) is 11.8 Å². The van der Waals surface area contributed by atoms with Crippen LogP contribution in [0, 0.1) is 11.8 Å². The number of ether oxygens (including phenoxy) is 1. The van der Waals surface area contributed by atoms with E-state index in [1.807, 2.05) is 44.2 Å². The Bertz CT molecular complexity index is 692. The number of benzene rings is 1. The van der Waals surface area contributed by atoms with Gasteiger partial charge in [-0.15, -0.1) is 0 Å². The van der Waals surface area contributed by atoms with Crippen LogP contribution in [0.4, 0.5) is 4.79 Å². The van der Waals surface area contributed by atoms with E-state index in [9.17, 15) is 14.4 Å². The minimum Gasteiger partial charge on any atom is -0.449 e. The highest BCUT2D eigenvalue weighted by Gasteiger charge is 2.38. The quantitative estimate of drug-likeness (QED) is 0.815. The second kappa shape index (κ2) is 8.41. The fourth-order valence-corrected chi connectivity index (χ4v) is 3.66. The van der Waals surface area contributed by atoms with Gasteiger partial charge >= 0.3 is 6.09 Å². The maximum absolute atomic E-state index is 13.1. The summed E-state index contributed by atoms with van der Waals surface area (Å²) in [7, 11) is 0. The van der Waals surface area contributed by atoms with Crippen molar-refractivity contribution in [3.05, 3.63) is 35.9 Å². The van der Waals surface area contributed by atoms with Gasteiger partial charge in [0, 0.05) is 19.0 Å². The summed E-state index contributed by atoms with van der Waals surface area (Å²) in [5.74, 6) is -0.0516. The van der Waals surface area contributed by atoms with Crippen molar-refractivity contribution in [1.29, 1.82) is 0 Å². The molecule has 2 N–H and O–H groups in total. The topological polar surface area (TPSA) is 87.7 Å². The Morgan fingerprint density at radius 1 is 1.30 bits per heavy atom. The van der Waals surface area contributed by atoms with Gasteiger partial charge in [-0.25, -0.2) is 4.79 Å². The molecule has 0 spiro atoms. The number of piperidine rings is 1. The molecule has 3 amide bonds. The largest absolute Gasteiger partial charge is 0.449 e. The normalized spacial score (nSPS) is 23.1. The van der Waals surface area contributed by atoms with Crippen LogP contribution >= 0.6 is 0 Å². The summed E-state index contributed by atoms with van der Waals surface area (Å²) in [6.07, 6.45) is 0.594. The second-order valence-corrected chi connectivity index (χ2v) is 7.63. The molecule has 0 bridgehead atoms. The first kappa shape index (κ1) is 19.2. The Balaban J connectivity index is 1.61. The molecule has 0 aromatic heterocycles. The molecule has 0 saturated carbocycles. The number of hydrogen-bond donors (Lipinski definition) is 2. The number of nitrogens with zero attached hydrogens (tertiary/aromatic N) is 1. The number of carbonyl (C=O) groups excluding carboxylic acids is 3. The van der Waals surface area contributed by atoms with Gasteiger partial charge in [-0.05, 0) is 17.9 Å². The predicted molar refractivity (Wildman–Crippen MR) is 99.9 cm³/mol. The van der Waals surface area contributed by atoms with Crippen LogP contribution in [0.5, 0.6) is 0 Å². The van der Waals surface area contributed by atoms with E-state index in [1.54, 1.807) is 4.90 Å². The molecule has 7 heteroatoms. The van der Waals surface area contributed by atoms with Crippen LogP contribution in [0.15, 0.2) is 30.3 Å². The van der Waals surface area contributed by atoms with Crippen molar-refractivity contribution in [2.75, 3.05) is 19.7 Å². The zero-order valence-electron chi connectivity index (χ0n) is 15.8. The lowest BCUT2D eigenvalue weighted by atomic mass is 9.90. The van der Waals surface area contributed by atoms with Gasteiger partial charge < -0.3 is 20.3 Å². The van der Waals surface area contributed by atoms with E-state index in [1.165, 1.54) is 0 Å². The standard InChI is InChI=1S/C20H27N3O4/c1-13(2)18(22-17(24)10-14-6-4-3-5-7-14)19(25)23-9-8-15-12-27-20(26)21-16(15)11-23/h3-7,13,15-16,18H,8-12H2,1-2H3,(H,21,26)(H,22,24)/t15-,16+,18?/m1/s1. The smallest absolute Gasteiger partial charge is 0.407 e. The van der Waals surface area contributed by atoms with Crippen LogP contribution in [0.2, 0.25) is 0 Å². The highest BCUT2D eigenvalue weighted by atomic mass is 16.6. The number of likely N-dealkylation sites (tertiary alicyclic amines) is 1. The number of alkyl carbamates (subject to hydrolysis) is 1. The zero-order chi connectivity index (χ0) is 19.4. The Kier molecular flexibility index (Phi) is 5.98. The van der Waals surface area contributed by atoms with E-state index < -0.39 is 12.1 Å². The summed E-state index contributed by atoms with van der Waals surface area (Å²) in [4.78, 5) is 38.7. The molecule has 1 unspecified atom stereocenters. The van der Waals surface area contributed by atoms with Crippen LogP contribution < -0.4 is 10.6 Å². The van der Waals surface area contributed by atoms with Crippen molar-refractivity contribution < 1.29 is 19.1 Å². The van der Waals surface area contributed by atoms with Gasteiger partial charge in [0.15, 0.2) is 0 Å². The monoisotopic (exact) mass is 373 g/mol. The lowest BCUT2D eigenvalue weighted by Crippen LogP contribution is -2.61. The number of cyclic esters (lactones) is 1. The molecule has 2 aliphatic heterocycles. The first-order valence-corrected chi connectivity index (χ1v) is 9.49. The summed E-state index contributed by atoms with van der Waals surface area (Å²) in [5, 5.41) is 5.70. The van der Waals surface area contributed by atoms with Crippen LogP contribution in [0.1, 0.15) is 25.8 Å². The molecule has 2 fully saturated rings. The molecule has 2 heterocycles. The maximum Gasteiger partial charge on any atom is 0.407 e. The third-order valence-electron chi connectivity index (χ3n) is 5.26. The summed E-state index contributed by atoms with van der Waals surface area (Å²) in [5.41, 5.74) is 0.913. The molecule has 1 aromatic carbocycles. The lowest BCUT2D eigenvalue weighted by molar-refractivity contribution is -0.139. The first-order chi connectivity index (χ1) is 12.9. The van der Waals surface area contributed by atoms with Gasteiger partial charge in [0.05, 0.1) is 19.1 Å². The Hall–Kier alpha value is -2.57. The van der Waals surface area contributed by atoms with Crippen molar-refractivity contribution in [3.8, 4) is 0 Å². The fourth-order valence-electron chi connectivity index (χ4n) is 3.66. The average molecular weight is 373 g/mol. The number of amides is 3. The number of fused-ring (bicyclic) bond motifs is 1. The molecular weight excluding hydrogens is 346 g/mol. The Morgan fingerprint density at radius 3 is 2.74 bits per heavy atom. The number of carbonyl (C=O) groups is 3. The van der Waals surface area contributed by atoms with Gasteiger partial charge in [-0.2, -0.15) is 0 Å². The fraction of sp³-hybridized carbons (Fsp3) is 0.550. The van der Waals surface area contributed by atoms with Crippen LogP contribution in [-0.2, 0) is 20.7 Å². The van der Waals surface area contributed by atoms with Crippen LogP contribution in [-0.4, -0.2) is 54.6 Å². The molecule has 7 nitrogen and oxygen atoms in total. The molecule has 0 radical (unpaired) electrons. The maximum atomic E-state index is 13.1. The number of nitrogens with one attached hydrogen (secondary N) is 2. The number of hydrogen-bond acceptors (Lipinski definition) is 4. The highest BCUT2D eigenvalue weighted by molar-refractivity contribution is 5.88. The van der Waals surface area contributed by atoms with Crippen LogP contribution in [0.3, 0.4) is 0 Å². The summed E-state index contributed by atoms with van der Waals surface area (Å²) >= 11 is 0. The van der Waals surface area contributed by atoms with Crippen molar-refractivity contribution in [3.63, 3.8) is 0 Å². The molecule has 2 aliphatic rings. The minimum absolute atomic E-state index is 0.0285. The van der Waals surface area contributed by atoms with Crippen molar-refractivity contribution in [2.45, 2.75) is 38.8 Å². The molecule has 1 aromatic rings. The summed E-state index contributed by atoms with van der Waals surface area (Å²) in [6, 6.07) is 8.81. The minimum atomic E-state index is -0.576. The zero-order valence-corrected chi connectivity index (χ0v) is 15.8. The summed E-state index contributed by atoms with van der Waals surface area (Å²) < 4.78 is 5.03. The van der Waals surface area contributed by atoms with E-state index >= 15 is 0 Å². The van der Waals surface area contributed by atoms with E-state index in [2.05, 4.69) is 10.6 Å². The molecule has 146 valence electrons. The SMILES string of the molecule is CC(C)C(NC(=O)Cc1ccccc1)C(=O)N1CC[C@@H]2COC(=O)N[C@H]2C1. The third-order valence-corrected chi connectivity index (χ3v) is 5.26. The molecule has 3 atom stereocenters. The molecule has 2 saturated heterocycles. The van der Waals surface area contributed by atoms with Gasteiger partial charge in [0.25, 0.3) is 0 Å². The van der Waals surface area contributed by atoms with Crippen LogP contribution in [0.25, 0.3) is 0 Å². The summed E-state index contributed by atoms with van der Waals surface area (Å²) in [6.45, 7) is 5.32. The van der Waals surface area contributed by atoms with E-state index in [0.717, 1.165) is 12.0 Å². The Morgan fingerprint density at radius 2 is 2.04 bits per heavy atom. The first-order valence-electron chi connectivity index (χ1n) is 9.49.